The molecule has 0 N–H and O–H groups in total. The van der Waals surface area contributed by atoms with Gasteiger partial charge in [-0.25, -0.2) is 4.98 Å². The average molecular weight is 483 g/mol. The number of piperazine rings is 1. The SMILES string of the molecule is CC(=O)c1ccc(N2CCN(c3ccc4c(n3)c(C3CCCCC3)cn4-c3cnn(C)c3)CC2)cc1. The first kappa shape index (κ1) is 22.8. The number of fused-ring (bicyclic) bond motifs is 1. The van der Waals surface area contributed by atoms with Gasteiger partial charge in [0.1, 0.15) is 5.82 Å². The molecule has 4 heterocycles. The van der Waals surface area contributed by atoms with Crippen LogP contribution in [0.4, 0.5) is 11.5 Å². The minimum absolute atomic E-state index is 0.109. The molecule has 1 aliphatic heterocycles. The number of carbonyl (C=O) groups excluding carboxylic acids is 1. The van der Waals surface area contributed by atoms with Crippen molar-refractivity contribution in [3.05, 3.63) is 66.1 Å². The number of aromatic nitrogens is 4. The van der Waals surface area contributed by atoms with Crippen LogP contribution in [0.3, 0.4) is 0 Å². The molecule has 1 aromatic carbocycles. The van der Waals surface area contributed by atoms with E-state index in [0.717, 1.165) is 54.3 Å². The molecule has 0 radical (unpaired) electrons. The van der Waals surface area contributed by atoms with E-state index >= 15 is 0 Å². The van der Waals surface area contributed by atoms with Gasteiger partial charge >= 0.3 is 0 Å². The summed E-state index contributed by atoms with van der Waals surface area (Å²) in [6.07, 6.45) is 12.8. The zero-order valence-corrected chi connectivity index (χ0v) is 21.2. The average Bonchev–Trinajstić information content (AvgIpc) is 3.52. The van der Waals surface area contributed by atoms with Gasteiger partial charge < -0.3 is 14.4 Å². The number of aryl methyl sites for hydroxylation is 1. The third-order valence-electron chi connectivity index (χ3n) is 7.92. The number of rotatable bonds is 5. The largest absolute Gasteiger partial charge is 0.368 e. The first-order valence-corrected chi connectivity index (χ1v) is 13.2. The van der Waals surface area contributed by atoms with Crippen LogP contribution >= 0.6 is 0 Å². The van der Waals surface area contributed by atoms with Gasteiger partial charge in [0.2, 0.25) is 0 Å². The van der Waals surface area contributed by atoms with E-state index in [-0.39, 0.29) is 5.78 Å². The van der Waals surface area contributed by atoms with E-state index in [1.807, 2.05) is 30.1 Å². The maximum atomic E-state index is 11.6. The first-order chi connectivity index (χ1) is 17.6. The van der Waals surface area contributed by atoms with Crippen LogP contribution in [0.1, 0.15) is 60.9 Å². The molecule has 2 aliphatic rings. The molecule has 0 amide bonds. The molecule has 1 saturated heterocycles. The maximum Gasteiger partial charge on any atom is 0.159 e. The Bertz CT molecular complexity index is 1370. The van der Waals surface area contributed by atoms with Crippen LogP contribution in [0, 0.1) is 0 Å². The first-order valence-electron chi connectivity index (χ1n) is 13.2. The molecule has 3 aromatic heterocycles. The molecule has 0 spiro atoms. The normalized spacial score (nSPS) is 17.2. The van der Waals surface area contributed by atoms with Gasteiger partial charge in [-0.15, -0.1) is 0 Å². The summed E-state index contributed by atoms with van der Waals surface area (Å²) in [5.41, 5.74) is 6.73. The summed E-state index contributed by atoms with van der Waals surface area (Å²) >= 11 is 0. The monoisotopic (exact) mass is 482 g/mol. The number of hydrogen-bond acceptors (Lipinski definition) is 5. The quantitative estimate of drug-likeness (QED) is 0.360. The molecule has 0 unspecified atom stereocenters. The molecule has 36 heavy (non-hydrogen) atoms. The molecule has 0 atom stereocenters. The van der Waals surface area contributed by atoms with Crippen LogP contribution in [0.15, 0.2) is 55.0 Å². The maximum absolute atomic E-state index is 11.6. The topological polar surface area (TPSA) is 59.2 Å². The van der Waals surface area contributed by atoms with Gasteiger partial charge in [-0.1, -0.05) is 19.3 Å². The minimum atomic E-state index is 0.109. The molecule has 1 aliphatic carbocycles. The number of anilines is 2. The van der Waals surface area contributed by atoms with Gasteiger partial charge in [0.05, 0.1) is 22.9 Å². The Morgan fingerprint density at radius 3 is 2.25 bits per heavy atom. The summed E-state index contributed by atoms with van der Waals surface area (Å²) < 4.78 is 4.13. The van der Waals surface area contributed by atoms with Gasteiger partial charge in [0.15, 0.2) is 5.78 Å². The summed E-state index contributed by atoms with van der Waals surface area (Å²) in [7, 11) is 1.96. The van der Waals surface area contributed by atoms with Crippen LogP contribution in [-0.4, -0.2) is 51.3 Å². The molecule has 7 heteroatoms. The summed E-state index contributed by atoms with van der Waals surface area (Å²) in [4.78, 5) is 21.7. The van der Waals surface area contributed by atoms with E-state index in [1.165, 1.54) is 43.4 Å². The Labute approximate surface area is 212 Å². The lowest BCUT2D eigenvalue weighted by molar-refractivity contribution is 0.101. The fourth-order valence-electron chi connectivity index (χ4n) is 5.85. The number of pyridine rings is 1. The number of carbonyl (C=O) groups is 1. The van der Waals surface area contributed by atoms with Crippen molar-refractivity contribution in [3.63, 3.8) is 0 Å². The van der Waals surface area contributed by atoms with Crippen LogP contribution in [-0.2, 0) is 7.05 Å². The highest BCUT2D eigenvalue weighted by Crippen LogP contribution is 2.38. The van der Waals surface area contributed by atoms with Gasteiger partial charge in [0.25, 0.3) is 0 Å². The predicted molar refractivity (Wildman–Crippen MR) is 145 cm³/mol. The van der Waals surface area contributed by atoms with Gasteiger partial charge in [-0.05, 0) is 67.6 Å². The second kappa shape index (κ2) is 9.45. The Morgan fingerprint density at radius 1 is 0.861 bits per heavy atom. The smallest absolute Gasteiger partial charge is 0.159 e. The molecule has 4 aromatic rings. The standard InChI is InChI=1S/C29H34N6O/c1-21(36)22-8-10-24(11-9-22)33-14-16-34(17-15-33)28-13-12-27-29(31-28)26(23-6-4-3-5-7-23)20-35(27)25-18-30-32(2)19-25/h8-13,18-20,23H,3-7,14-17H2,1-2H3. The highest BCUT2D eigenvalue weighted by Gasteiger charge is 2.24. The van der Waals surface area contributed by atoms with E-state index < -0.39 is 0 Å². The van der Waals surface area contributed by atoms with E-state index in [1.54, 1.807) is 6.92 Å². The number of hydrogen-bond donors (Lipinski definition) is 0. The minimum Gasteiger partial charge on any atom is -0.368 e. The molecular formula is C29H34N6O. The summed E-state index contributed by atoms with van der Waals surface area (Å²) in [5, 5.41) is 4.40. The van der Waals surface area contributed by atoms with Crippen molar-refractivity contribution in [1.82, 2.24) is 19.3 Å². The van der Waals surface area contributed by atoms with Crippen molar-refractivity contribution in [3.8, 4) is 5.69 Å². The number of ketones is 1. The Morgan fingerprint density at radius 2 is 1.58 bits per heavy atom. The Hall–Kier alpha value is -3.61. The Balaban J connectivity index is 1.27. The van der Waals surface area contributed by atoms with Crippen LogP contribution in [0.5, 0.6) is 0 Å². The lowest BCUT2D eigenvalue weighted by Crippen LogP contribution is -2.46. The lowest BCUT2D eigenvalue weighted by Gasteiger charge is -2.36. The molecular weight excluding hydrogens is 448 g/mol. The zero-order chi connectivity index (χ0) is 24.6. The fourth-order valence-corrected chi connectivity index (χ4v) is 5.85. The van der Waals surface area contributed by atoms with E-state index in [9.17, 15) is 4.79 Å². The molecule has 7 nitrogen and oxygen atoms in total. The van der Waals surface area contributed by atoms with Crippen LogP contribution < -0.4 is 9.80 Å². The van der Waals surface area contributed by atoms with Crippen molar-refractivity contribution in [2.24, 2.45) is 7.05 Å². The van der Waals surface area contributed by atoms with Crippen LogP contribution in [0.2, 0.25) is 0 Å². The highest BCUT2D eigenvalue weighted by atomic mass is 16.1. The van der Waals surface area contributed by atoms with Gasteiger partial charge in [-0.2, -0.15) is 5.10 Å². The molecule has 6 rings (SSSR count). The lowest BCUT2D eigenvalue weighted by atomic mass is 9.85. The van der Waals surface area contributed by atoms with E-state index in [2.05, 4.69) is 56.1 Å². The fraction of sp³-hybridized carbons (Fsp3) is 0.414. The summed E-state index contributed by atoms with van der Waals surface area (Å²) in [6.45, 7) is 5.34. The Kier molecular flexibility index (Phi) is 5.99. The molecule has 0 bridgehead atoms. The van der Waals surface area contributed by atoms with Gasteiger partial charge in [-0.3, -0.25) is 9.48 Å². The van der Waals surface area contributed by atoms with Crippen molar-refractivity contribution in [1.29, 1.82) is 0 Å². The second-order valence-electron chi connectivity index (χ2n) is 10.3. The van der Waals surface area contributed by atoms with Crippen molar-refractivity contribution in [2.45, 2.75) is 44.9 Å². The molecule has 186 valence electrons. The number of Topliss-reactive ketones (excluding diaryl/α,β-unsaturated/α-hetero) is 1. The predicted octanol–water partition coefficient (Wildman–Crippen LogP) is 5.34. The molecule has 2 fully saturated rings. The molecule has 1 saturated carbocycles. The van der Waals surface area contributed by atoms with E-state index in [0.29, 0.717) is 5.92 Å². The third-order valence-corrected chi connectivity index (χ3v) is 7.92. The number of benzene rings is 1. The zero-order valence-electron chi connectivity index (χ0n) is 21.2. The third kappa shape index (κ3) is 4.27. The van der Waals surface area contributed by atoms with Crippen molar-refractivity contribution < 1.29 is 4.79 Å². The van der Waals surface area contributed by atoms with Crippen molar-refractivity contribution >= 4 is 28.3 Å². The summed E-state index contributed by atoms with van der Waals surface area (Å²) in [6, 6.07) is 12.4. The highest BCUT2D eigenvalue weighted by molar-refractivity contribution is 5.94. The second-order valence-corrected chi connectivity index (χ2v) is 10.3. The summed E-state index contributed by atoms with van der Waals surface area (Å²) in [5.74, 6) is 1.75. The van der Waals surface area contributed by atoms with Gasteiger partial charge in [0, 0.05) is 56.9 Å². The van der Waals surface area contributed by atoms with E-state index in [4.69, 9.17) is 4.98 Å². The van der Waals surface area contributed by atoms with Crippen LogP contribution in [0.25, 0.3) is 16.7 Å². The van der Waals surface area contributed by atoms with Crippen molar-refractivity contribution in [2.75, 3.05) is 36.0 Å². The number of nitrogens with zero attached hydrogens (tertiary/aromatic N) is 6.